The number of hydrogen-bond acceptors (Lipinski definition) is 2. The molecule has 8 aromatic carbocycles. The molecule has 1 aliphatic rings. The van der Waals surface area contributed by atoms with Crippen molar-refractivity contribution >= 4 is 71.3 Å². The first-order valence-electron chi connectivity index (χ1n) is 16.4. The summed E-state index contributed by atoms with van der Waals surface area (Å²) in [7, 11) is 0. The minimum atomic E-state index is -0.102. The van der Waals surface area contributed by atoms with Crippen LogP contribution >= 0.6 is 0 Å². The fourth-order valence-corrected chi connectivity index (χ4v) is 8.16. The number of benzene rings is 8. The van der Waals surface area contributed by atoms with E-state index in [2.05, 4.69) is 164 Å². The highest BCUT2D eigenvalue weighted by atomic mass is 16.3. The summed E-state index contributed by atoms with van der Waals surface area (Å²) in [5.41, 5.74) is 10.4. The number of rotatable bonds is 3. The molecule has 2 nitrogen and oxygen atoms in total. The molecule has 47 heavy (non-hydrogen) atoms. The third kappa shape index (κ3) is 3.73. The van der Waals surface area contributed by atoms with Crippen LogP contribution in [0.4, 0.5) is 17.1 Å². The van der Waals surface area contributed by atoms with E-state index in [9.17, 15) is 0 Å². The van der Waals surface area contributed by atoms with E-state index in [0.717, 1.165) is 33.3 Å². The third-order valence-corrected chi connectivity index (χ3v) is 10.4. The second kappa shape index (κ2) is 9.57. The van der Waals surface area contributed by atoms with Crippen LogP contribution in [0.1, 0.15) is 25.0 Å². The summed E-state index contributed by atoms with van der Waals surface area (Å²) in [6.07, 6.45) is 0. The van der Waals surface area contributed by atoms with Crippen molar-refractivity contribution in [1.29, 1.82) is 0 Å². The van der Waals surface area contributed by atoms with E-state index in [1.165, 1.54) is 60.3 Å². The molecule has 0 aliphatic heterocycles. The first-order valence-corrected chi connectivity index (χ1v) is 16.4. The smallest absolute Gasteiger partial charge is 0.137 e. The lowest BCUT2D eigenvalue weighted by Crippen LogP contribution is -2.16. The minimum absolute atomic E-state index is 0.102. The quantitative estimate of drug-likeness (QED) is 0.187. The Morgan fingerprint density at radius 2 is 1.11 bits per heavy atom. The van der Waals surface area contributed by atoms with Crippen LogP contribution in [0.5, 0.6) is 0 Å². The molecule has 0 fully saturated rings. The molecule has 1 aromatic heterocycles. The van der Waals surface area contributed by atoms with Gasteiger partial charge in [0.25, 0.3) is 0 Å². The van der Waals surface area contributed by atoms with Gasteiger partial charge in [-0.25, -0.2) is 0 Å². The van der Waals surface area contributed by atoms with Crippen molar-refractivity contribution in [2.45, 2.75) is 19.3 Å². The lowest BCUT2D eigenvalue weighted by Gasteiger charge is -2.29. The molecule has 0 amide bonds. The summed E-state index contributed by atoms with van der Waals surface area (Å²) >= 11 is 0. The van der Waals surface area contributed by atoms with Crippen LogP contribution in [0, 0.1) is 0 Å². The number of hydrogen-bond donors (Lipinski definition) is 0. The van der Waals surface area contributed by atoms with Gasteiger partial charge >= 0.3 is 0 Å². The Labute approximate surface area is 273 Å². The van der Waals surface area contributed by atoms with Crippen molar-refractivity contribution in [3.63, 3.8) is 0 Å². The van der Waals surface area contributed by atoms with Gasteiger partial charge in [0.1, 0.15) is 11.2 Å². The van der Waals surface area contributed by atoms with Crippen molar-refractivity contribution in [3.05, 3.63) is 163 Å². The first kappa shape index (κ1) is 26.4. The number of anilines is 3. The third-order valence-electron chi connectivity index (χ3n) is 10.4. The normalized spacial score (nSPS) is 13.5. The van der Waals surface area contributed by atoms with Crippen LogP contribution in [0.25, 0.3) is 65.4 Å². The lowest BCUT2D eigenvalue weighted by molar-refractivity contribution is 0.660. The molecule has 1 aliphatic carbocycles. The zero-order valence-electron chi connectivity index (χ0n) is 26.3. The average molecular weight is 602 g/mol. The van der Waals surface area contributed by atoms with E-state index in [-0.39, 0.29) is 5.41 Å². The van der Waals surface area contributed by atoms with Gasteiger partial charge in [0, 0.05) is 39.2 Å². The standard InChI is InChI=1S/C45H31NO/c1-45(2)38-14-7-5-13-36(38)44-39(45)15-9-16-40(44)46(32-24-25-35-34-12-6-8-17-41(34)47-42(35)27-32)31-23-22-29-19-21-30-20-18-28-10-3-4-11-33(28)43(30)37(29)26-31/h3-27H,1-2H3. The molecule has 0 bridgehead atoms. The van der Waals surface area contributed by atoms with Gasteiger partial charge in [-0.3, -0.25) is 0 Å². The number of para-hydroxylation sites is 1. The number of furan rings is 1. The fraction of sp³-hybridized carbons (Fsp3) is 0.0667. The molecule has 0 spiro atoms. The van der Waals surface area contributed by atoms with Gasteiger partial charge in [-0.2, -0.15) is 0 Å². The maximum Gasteiger partial charge on any atom is 0.137 e. The summed E-state index contributed by atoms with van der Waals surface area (Å²) < 4.78 is 6.45. The van der Waals surface area contributed by atoms with E-state index in [1.807, 2.05) is 6.07 Å². The van der Waals surface area contributed by atoms with Gasteiger partial charge < -0.3 is 9.32 Å². The van der Waals surface area contributed by atoms with E-state index in [4.69, 9.17) is 4.42 Å². The Morgan fingerprint density at radius 1 is 0.468 bits per heavy atom. The van der Waals surface area contributed by atoms with Crippen LogP contribution in [-0.2, 0) is 5.41 Å². The highest BCUT2D eigenvalue weighted by Gasteiger charge is 2.37. The van der Waals surface area contributed by atoms with Gasteiger partial charge in [0.05, 0.1) is 5.69 Å². The zero-order valence-corrected chi connectivity index (χ0v) is 26.3. The maximum atomic E-state index is 6.45. The van der Waals surface area contributed by atoms with Gasteiger partial charge in [0.15, 0.2) is 0 Å². The second-order valence-electron chi connectivity index (χ2n) is 13.3. The molecule has 0 atom stereocenters. The van der Waals surface area contributed by atoms with E-state index >= 15 is 0 Å². The molecule has 1 heterocycles. The van der Waals surface area contributed by atoms with Crippen LogP contribution in [0.15, 0.2) is 156 Å². The van der Waals surface area contributed by atoms with Crippen molar-refractivity contribution in [2.75, 3.05) is 4.90 Å². The molecule has 0 saturated carbocycles. The zero-order chi connectivity index (χ0) is 31.3. The highest BCUT2D eigenvalue weighted by Crippen LogP contribution is 2.54. The molecular weight excluding hydrogens is 571 g/mol. The van der Waals surface area contributed by atoms with Crippen LogP contribution < -0.4 is 4.90 Å². The molecule has 222 valence electrons. The molecule has 0 saturated heterocycles. The Hall–Kier alpha value is -5.86. The van der Waals surface area contributed by atoms with Gasteiger partial charge in [-0.05, 0) is 85.4 Å². The van der Waals surface area contributed by atoms with Crippen molar-refractivity contribution in [1.82, 2.24) is 0 Å². The van der Waals surface area contributed by atoms with Gasteiger partial charge in [0.2, 0.25) is 0 Å². The maximum absolute atomic E-state index is 6.45. The Kier molecular flexibility index (Phi) is 5.37. The average Bonchev–Trinajstić information content (AvgIpc) is 3.60. The summed E-state index contributed by atoms with van der Waals surface area (Å²) in [5.74, 6) is 0. The predicted molar refractivity (Wildman–Crippen MR) is 198 cm³/mol. The summed E-state index contributed by atoms with van der Waals surface area (Å²) in [6.45, 7) is 4.69. The molecular formula is C45H31NO. The monoisotopic (exact) mass is 601 g/mol. The van der Waals surface area contributed by atoms with Crippen molar-refractivity contribution < 1.29 is 4.42 Å². The largest absolute Gasteiger partial charge is 0.456 e. The highest BCUT2D eigenvalue weighted by molar-refractivity contribution is 6.21. The van der Waals surface area contributed by atoms with Crippen molar-refractivity contribution in [3.8, 4) is 11.1 Å². The summed E-state index contributed by atoms with van der Waals surface area (Å²) in [4.78, 5) is 2.44. The number of fused-ring (bicyclic) bond motifs is 11. The van der Waals surface area contributed by atoms with Crippen LogP contribution in [0.2, 0.25) is 0 Å². The van der Waals surface area contributed by atoms with Crippen molar-refractivity contribution in [2.24, 2.45) is 0 Å². The van der Waals surface area contributed by atoms with Crippen LogP contribution in [0.3, 0.4) is 0 Å². The Bertz CT molecular complexity index is 2720. The topological polar surface area (TPSA) is 16.4 Å². The van der Waals surface area contributed by atoms with E-state index in [1.54, 1.807) is 0 Å². The lowest BCUT2D eigenvalue weighted by atomic mass is 9.82. The SMILES string of the molecule is CC1(C)c2ccccc2-c2c(N(c3ccc4c(c3)oc3ccccc34)c3ccc4ccc5ccc6ccccc6c5c4c3)cccc21. The fourth-order valence-electron chi connectivity index (χ4n) is 8.16. The Balaban J connectivity index is 1.29. The van der Waals surface area contributed by atoms with Gasteiger partial charge in [-0.15, -0.1) is 0 Å². The van der Waals surface area contributed by atoms with E-state index in [0.29, 0.717) is 0 Å². The predicted octanol–water partition coefficient (Wildman–Crippen LogP) is 12.8. The molecule has 10 rings (SSSR count). The van der Waals surface area contributed by atoms with Crippen LogP contribution in [-0.4, -0.2) is 0 Å². The molecule has 0 N–H and O–H groups in total. The second-order valence-corrected chi connectivity index (χ2v) is 13.3. The Morgan fingerprint density at radius 3 is 2.00 bits per heavy atom. The number of nitrogens with zero attached hydrogens (tertiary/aromatic N) is 1. The summed E-state index contributed by atoms with van der Waals surface area (Å²) in [6, 6.07) is 55.3. The minimum Gasteiger partial charge on any atom is -0.456 e. The molecule has 2 heteroatoms. The summed E-state index contributed by atoms with van der Waals surface area (Å²) in [5, 5.41) is 9.82. The molecule has 0 unspecified atom stereocenters. The van der Waals surface area contributed by atoms with E-state index < -0.39 is 0 Å². The van der Waals surface area contributed by atoms with Gasteiger partial charge in [-0.1, -0.05) is 123 Å². The molecule has 9 aromatic rings. The molecule has 0 radical (unpaired) electrons. The first-order chi connectivity index (χ1) is 23.1.